The Kier molecular flexibility index (Phi) is 10.6. The number of likely N-dealkylation sites (tertiary alicyclic amines) is 2. The molecule has 2 saturated heterocycles. The van der Waals surface area contributed by atoms with Crippen LogP contribution in [0, 0.1) is 5.92 Å². The summed E-state index contributed by atoms with van der Waals surface area (Å²) in [5, 5.41) is 6.88. The van der Waals surface area contributed by atoms with E-state index in [0.29, 0.717) is 0 Å². The summed E-state index contributed by atoms with van der Waals surface area (Å²) in [4.78, 5) is 9.45. The molecule has 3 rings (SSSR count). The number of benzene rings is 1. The Hall–Kier alpha value is -0.860. The standard InChI is InChI=1S/C22H37N5.HI/c1-19-9-14-26(15-10-19)16-11-24-22(23-2)25-17-20-5-7-21(8-6-20)18-27-12-3-4-13-27;/h5-8,19H,3-4,9-18H2,1-2H3,(H2,23,24,25);1H. The third-order valence-corrected chi connectivity index (χ3v) is 5.91. The second kappa shape index (κ2) is 12.6. The normalized spacial score (nSPS) is 19.4. The molecule has 0 aromatic heterocycles. The Morgan fingerprint density at radius 3 is 2.25 bits per heavy atom. The zero-order valence-electron chi connectivity index (χ0n) is 17.6. The summed E-state index contributed by atoms with van der Waals surface area (Å²) in [6.45, 7) is 11.3. The molecule has 0 amide bonds. The van der Waals surface area contributed by atoms with E-state index in [-0.39, 0.29) is 24.0 Å². The fraction of sp³-hybridized carbons (Fsp3) is 0.682. The predicted molar refractivity (Wildman–Crippen MR) is 129 cm³/mol. The quantitative estimate of drug-likeness (QED) is 0.343. The van der Waals surface area contributed by atoms with Gasteiger partial charge in [0, 0.05) is 33.2 Å². The first-order valence-corrected chi connectivity index (χ1v) is 10.7. The number of hydrogen-bond donors (Lipinski definition) is 2. The van der Waals surface area contributed by atoms with Crippen molar-refractivity contribution < 1.29 is 0 Å². The van der Waals surface area contributed by atoms with Gasteiger partial charge >= 0.3 is 0 Å². The molecule has 2 aliphatic heterocycles. The molecule has 0 bridgehead atoms. The Balaban J connectivity index is 0.00000280. The Bertz CT molecular complexity index is 575. The maximum absolute atomic E-state index is 4.35. The van der Waals surface area contributed by atoms with Crippen LogP contribution in [-0.4, -0.2) is 62.1 Å². The van der Waals surface area contributed by atoms with E-state index in [1.165, 1.54) is 63.0 Å². The molecule has 6 heteroatoms. The highest BCUT2D eigenvalue weighted by Crippen LogP contribution is 2.15. The third-order valence-electron chi connectivity index (χ3n) is 5.91. The SMILES string of the molecule is CN=C(NCCN1CCC(C)CC1)NCc1ccc(CN2CCCC2)cc1.I. The predicted octanol–water partition coefficient (Wildman–Crippen LogP) is 3.30. The molecule has 158 valence electrons. The molecule has 2 N–H and O–H groups in total. The lowest BCUT2D eigenvalue weighted by molar-refractivity contribution is 0.195. The van der Waals surface area contributed by atoms with E-state index in [0.717, 1.165) is 38.1 Å². The lowest BCUT2D eigenvalue weighted by Crippen LogP contribution is -2.43. The fourth-order valence-electron chi connectivity index (χ4n) is 3.99. The molecule has 0 atom stereocenters. The van der Waals surface area contributed by atoms with Crippen molar-refractivity contribution >= 4 is 29.9 Å². The monoisotopic (exact) mass is 499 g/mol. The van der Waals surface area contributed by atoms with Crippen LogP contribution in [0.25, 0.3) is 0 Å². The zero-order valence-corrected chi connectivity index (χ0v) is 20.0. The van der Waals surface area contributed by atoms with Crippen LogP contribution in [0.1, 0.15) is 43.7 Å². The summed E-state index contributed by atoms with van der Waals surface area (Å²) < 4.78 is 0. The molecular formula is C22H38IN5. The van der Waals surface area contributed by atoms with E-state index in [4.69, 9.17) is 0 Å². The van der Waals surface area contributed by atoms with Gasteiger partial charge < -0.3 is 15.5 Å². The first-order chi connectivity index (χ1) is 13.2. The van der Waals surface area contributed by atoms with Crippen LogP contribution in [0.15, 0.2) is 29.3 Å². The van der Waals surface area contributed by atoms with Crippen molar-refractivity contribution in [3.8, 4) is 0 Å². The number of halogens is 1. The molecule has 0 spiro atoms. The number of nitrogens with zero attached hydrogens (tertiary/aromatic N) is 3. The number of guanidine groups is 1. The van der Waals surface area contributed by atoms with Crippen molar-refractivity contribution in [2.24, 2.45) is 10.9 Å². The molecule has 0 unspecified atom stereocenters. The second-order valence-corrected chi connectivity index (χ2v) is 8.18. The zero-order chi connectivity index (χ0) is 18.9. The fourth-order valence-corrected chi connectivity index (χ4v) is 3.99. The van der Waals surface area contributed by atoms with Gasteiger partial charge in [-0.2, -0.15) is 0 Å². The summed E-state index contributed by atoms with van der Waals surface area (Å²) >= 11 is 0. The van der Waals surface area contributed by atoms with Crippen LogP contribution in [0.4, 0.5) is 0 Å². The number of rotatable bonds is 7. The highest BCUT2D eigenvalue weighted by molar-refractivity contribution is 14.0. The summed E-state index contributed by atoms with van der Waals surface area (Å²) in [6, 6.07) is 9.01. The van der Waals surface area contributed by atoms with E-state index in [9.17, 15) is 0 Å². The van der Waals surface area contributed by atoms with Gasteiger partial charge in [-0.05, 0) is 68.9 Å². The van der Waals surface area contributed by atoms with Crippen molar-refractivity contribution in [3.63, 3.8) is 0 Å². The molecule has 2 fully saturated rings. The van der Waals surface area contributed by atoms with Gasteiger partial charge in [-0.1, -0.05) is 31.2 Å². The van der Waals surface area contributed by atoms with Gasteiger partial charge in [0.15, 0.2) is 5.96 Å². The number of piperidine rings is 1. The number of hydrogen-bond acceptors (Lipinski definition) is 3. The van der Waals surface area contributed by atoms with E-state index in [1.54, 1.807) is 0 Å². The average Bonchev–Trinajstić information content (AvgIpc) is 3.20. The van der Waals surface area contributed by atoms with Crippen molar-refractivity contribution in [3.05, 3.63) is 35.4 Å². The molecular weight excluding hydrogens is 461 g/mol. The van der Waals surface area contributed by atoms with E-state index < -0.39 is 0 Å². The molecule has 5 nitrogen and oxygen atoms in total. The largest absolute Gasteiger partial charge is 0.355 e. The molecule has 0 aliphatic carbocycles. The molecule has 28 heavy (non-hydrogen) atoms. The minimum atomic E-state index is 0. The molecule has 1 aromatic rings. The average molecular weight is 499 g/mol. The Morgan fingerprint density at radius 1 is 0.964 bits per heavy atom. The smallest absolute Gasteiger partial charge is 0.191 e. The first-order valence-electron chi connectivity index (χ1n) is 10.7. The van der Waals surface area contributed by atoms with Crippen LogP contribution >= 0.6 is 24.0 Å². The third kappa shape index (κ3) is 7.87. The summed E-state index contributed by atoms with van der Waals surface area (Å²) in [7, 11) is 1.84. The van der Waals surface area contributed by atoms with Crippen LogP contribution < -0.4 is 10.6 Å². The molecule has 0 saturated carbocycles. The van der Waals surface area contributed by atoms with E-state index in [2.05, 4.69) is 56.6 Å². The summed E-state index contributed by atoms with van der Waals surface area (Å²) in [5.74, 6) is 1.78. The van der Waals surface area contributed by atoms with Crippen molar-refractivity contribution in [2.45, 2.75) is 45.7 Å². The van der Waals surface area contributed by atoms with Gasteiger partial charge in [0.2, 0.25) is 0 Å². The van der Waals surface area contributed by atoms with Gasteiger partial charge in [-0.15, -0.1) is 24.0 Å². The first kappa shape index (κ1) is 23.4. The summed E-state index contributed by atoms with van der Waals surface area (Å²) in [6.07, 6.45) is 5.37. The van der Waals surface area contributed by atoms with Gasteiger partial charge in [0.05, 0.1) is 0 Å². The van der Waals surface area contributed by atoms with Crippen LogP contribution in [-0.2, 0) is 13.1 Å². The van der Waals surface area contributed by atoms with Crippen LogP contribution in [0.2, 0.25) is 0 Å². The lowest BCUT2D eigenvalue weighted by atomic mass is 9.99. The van der Waals surface area contributed by atoms with E-state index >= 15 is 0 Å². The van der Waals surface area contributed by atoms with Crippen LogP contribution in [0.5, 0.6) is 0 Å². The Labute approximate surface area is 188 Å². The van der Waals surface area contributed by atoms with Crippen molar-refractivity contribution in [1.82, 2.24) is 20.4 Å². The molecule has 0 radical (unpaired) electrons. The Morgan fingerprint density at radius 2 is 1.61 bits per heavy atom. The molecule has 1 aromatic carbocycles. The van der Waals surface area contributed by atoms with Gasteiger partial charge in [0.25, 0.3) is 0 Å². The van der Waals surface area contributed by atoms with Gasteiger partial charge in [-0.25, -0.2) is 0 Å². The molecule has 2 heterocycles. The minimum absolute atomic E-state index is 0. The molecule has 2 aliphatic rings. The number of nitrogens with one attached hydrogen (secondary N) is 2. The highest BCUT2D eigenvalue weighted by Gasteiger charge is 2.15. The maximum Gasteiger partial charge on any atom is 0.191 e. The van der Waals surface area contributed by atoms with E-state index in [1.807, 2.05) is 7.05 Å². The highest BCUT2D eigenvalue weighted by atomic mass is 127. The van der Waals surface area contributed by atoms with Crippen molar-refractivity contribution in [1.29, 1.82) is 0 Å². The van der Waals surface area contributed by atoms with Gasteiger partial charge in [-0.3, -0.25) is 9.89 Å². The minimum Gasteiger partial charge on any atom is -0.355 e. The summed E-state index contributed by atoms with van der Waals surface area (Å²) in [5.41, 5.74) is 2.71. The lowest BCUT2D eigenvalue weighted by Gasteiger charge is -2.30. The van der Waals surface area contributed by atoms with Crippen LogP contribution in [0.3, 0.4) is 0 Å². The van der Waals surface area contributed by atoms with Gasteiger partial charge in [0.1, 0.15) is 0 Å². The number of aliphatic imine (C=N–C) groups is 1. The maximum atomic E-state index is 4.35. The van der Waals surface area contributed by atoms with Crippen molar-refractivity contribution in [2.75, 3.05) is 46.3 Å². The topological polar surface area (TPSA) is 42.9 Å². The second-order valence-electron chi connectivity index (χ2n) is 8.18.